The third-order valence-electron chi connectivity index (χ3n) is 6.00. The Labute approximate surface area is 191 Å². The van der Waals surface area contributed by atoms with Crippen molar-refractivity contribution in [3.8, 4) is 11.3 Å². The molecule has 1 aliphatic rings. The summed E-state index contributed by atoms with van der Waals surface area (Å²) < 4.78 is 9.02. The van der Waals surface area contributed by atoms with E-state index in [0.29, 0.717) is 25.1 Å². The minimum Gasteiger partial charge on any atom is -0.389 e. The summed E-state index contributed by atoms with van der Waals surface area (Å²) in [6.45, 7) is 0.740. The van der Waals surface area contributed by atoms with Crippen LogP contribution in [0.5, 0.6) is 0 Å². The maximum Gasteiger partial charge on any atom is 0.270 e. The molecular formula is C24H26N6O3. The van der Waals surface area contributed by atoms with E-state index >= 15 is 0 Å². The SMILES string of the molecule is Cn1cc(-c2ccc(Cc3cc(C(=O)N[C@H]4CCOC[C@@H]4O)nc4ccn(C)c34)cn2)cn1. The van der Waals surface area contributed by atoms with Gasteiger partial charge in [0.15, 0.2) is 0 Å². The molecule has 1 amide bonds. The number of aliphatic hydroxyl groups is 1. The number of fused-ring (bicyclic) bond motifs is 1. The first-order chi connectivity index (χ1) is 16.0. The Morgan fingerprint density at radius 3 is 2.88 bits per heavy atom. The maximum absolute atomic E-state index is 13.0. The van der Waals surface area contributed by atoms with Crippen molar-refractivity contribution in [2.45, 2.75) is 25.0 Å². The monoisotopic (exact) mass is 446 g/mol. The Bertz CT molecular complexity index is 1290. The smallest absolute Gasteiger partial charge is 0.270 e. The molecule has 0 unspecified atom stereocenters. The summed E-state index contributed by atoms with van der Waals surface area (Å²) in [6.07, 6.45) is 7.98. The molecule has 0 bridgehead atoms. The zero-order chi connectivity index (χ0) is 22.9. The summed E-state index contributed by atoms with van der Waals surface area (Å²) in [5.41, 5.74) is 5.92. The molecule has 33 heavy (non-hydrogen) atoms. The number of hydrogen-bond acceptors (Lipinski definition) is 6. The van der Waals surface area contributed by atoms with Gasteiger partial charge in [-0.3, -0.25) is 14.5 Å². The lowest BCUT2D eigenvalue weighted by molar-refractivity contribution is -0.0261. The van der Waals surface area contributed by atoms with Crippen LogP contribution >= 0.6 is 0 Å². The van der Waals surface area contributed by atoms with Crippen molar-refractivity contribution in [1.82, 2.24) is 29.6 Å². The number of rotatable bonds is 5. The molecule has 5 rings (SSSR count). The van der Waals surface area contributed by atoms with Gasteiger partial charge in [-0.15, -0.1) is 0 Å². The molecule has 0 aliphatic carbocycles. The van der Waals surface area contributed by atoms with Crippen LogP contribution in [0.4, 0.5) is 0 Å². The molecule has 5 heterocycles. The van der Waals surface area contributed by atoms with Gasteiger partial charge in [0.1, 0.15) is 5.69 Å². The highest BCUT2D eigenvalue weighted by Gasteiger charge is 2.26. The first-order valence-corrected chi connectivity index (χ1v) is 10.9. The standard InChI is InChI=1S/C24H26N6O3/c1-29-7-5-20-23(29)16(9-15-3-4-18(25-11-15)17-12-26-30(2)13-17)10-21(27-20)24(32)28-19-6-8-33-14-22(19)31/h3-5,7,10-13,19,22,31H,6,8-9,14H2,1-2H3,(H,28,32)/t19-,22-/m0/s1. The van der Waals surface area contributed by atoms with Crippen LogP contribution in [0, 0.1) is 0 Å². The summed E-state index contributed by atoms with van der Waals surface area (Å²) in [4.78, 5) is 22.1. The van der Waals surface area contributed by atoms with E-state index in [1.54, 1.807) is 10.9 Å². The first-order valence-electron chi connectivity index (χ1n) is 10.9. The number of nitrogens with zero attached hydrogens (tertiary/aromatic N) is 5. The van der Waals surface area contributed by atoms with Crippen LogP contribution in [0.3, 0.4) is 0 Å². The van der Waals surface area contributed by atoms with Gasteiger partial charge in [0, 0.05) is 51.3 Å². The van der Waals surface area contributed by atoms with Crippen LogP contribution in [-0.4, -0.2) is 60.7 Å². The maximum atomic E-state index is 13.0. The average Bonchev–Trinajstić information content (AvgIpc) is 3.41. The van der Waals surface area contributed by atoms with Crippen LogP contribution in [0.2, 0.25) is 0 Å². The highest BCUT2D eigenvalue weighted by molar-refractivity contribution is 5.95. The fraction of sp³-hybridized carbons (Fsp3) is 0.333. The van der Waals surface area contributed by atoms with Crippen LogP contribution in [-0.2, 0) is 25.3 Å². The van der Waals surface area contributed by atoms with Crippen LogP contribution < -0.4 is 5.32 Å². The van der Waals surface area contributed by atoms with Crippen molar-refractivity contribution < 1.29 is 14.6 Å². The lowest BCUT2D eigenvalue weighted by atomic mass is 10.0. The van der Waals surface area contributed by atoms with Gasteiger partial charge in [-0.05, 0) is 35.7 Å². The quantitative estimate of drug-likeness (QED) is 0.485. The van der Waals surface area contributed by atoms with E-state index in [1.165, 1.54) is 0 Å². The van der Waals surface area contributed by atoms with Gasteiger partial charge in [0.05, 0.1) is 41.7 Å². The number of amides is 1. The number of carbonyl (C=O) groups excluding carboxylic acids is 1. The zero-order valence-corrected chi connectivity index (χ0v) is 18.6. The molecule has 2 N–H and O–H groups in total. The van der Waals surface area contributed by atoms with E-state index in [0.717, 1.165) is 33.4 Å². The van der Waals surface area contributed by atoms with Gasteiger partial charge in [0.2, 0.25) is 0 Å². The Balaban J connectivity index is 1.42. The van der Waals surface area contributed by atoms with Gasteiger partial charge in [0.25, 0.3) is 5.91 Å². The number of aryl methyl sites for hydroxylation is 2. The van der Waals surface area contributed by atoms with E-state index < -0.39 is 6.10 Å². The van der Waals surface area contributed by atoms with Crippen molar-refractivity contribution in [2.75, 3.05) is 13.2 Å². The minimum atomic E-state index is -0.716. The Morgan fingerprint density at radius 1 is 1.27 bits per heavy atom. The van der Waals surface area contributed by atoms with E-state index in [2.05, 4.69) is 20.4 Å². The second kappa shape index (κ2) is 8.76. The molecule has 9 nitrogen and oxygen atoms in total. The van der Waals surface area contributed by atoms with Gasteiger partial charge in [-0.2, -0.15) is 5.10 Å². The largest absolute Gasteiger partial charge is 0.389 e. The summed E-state index contributed by atoms with van der Waals surface area (Å²) in [5, 5.41) is 17.2. The van der Waals surface area contributed by atoms with Gasteiger partial charge >= 0.3 is 0 Å². The van der Waals surface area contributed by atoms with Crippen molar-refractivity contribution in [3.05, 3.63) is 65.9 Å². The molecule has 4 aromatic rings. The average molecular weight is 447 g/mol. The minimum absolute atomic E-state index is 0.226. The molecule has 2 atom stereocenters. The summed E-state index contributed by atoms with van der Waals surface area (Å²) in [5.74, 6) is -0.294. The van der Waals surface area contributed by atoms with Gasteiger partial charge in [-0.25, -0.2) is 4.98 Å². The highest BCUT2D eigenvalue weighted by Crippen LogP contribution is 2.23. The third-order valence-corrected chi connectivity index (χ3v) is 6.00. The fourth-order valence-electron chi connectivity index (χ4n) is 4.25. The molecule has 170 valence electrons. The fourth-order valence-corrected chi connectivity index (χ4v) is 4.25. The number of aliphatic hydroxyl groups excluding tert-OH is 1. The number of ether oxygens (including phenoxy) is 1. The van der Waals surface area contributed by atoms with Crippen LogP contribution in [0.1, 0.15) is 28.0 Å². The number of aromatic nitrogens is 5. The molecule has 0 aromatic carbocycles. The topological polar surface area (TPSA) is 107 Å². The molecule has 0 radical (unpaired) electrons. The predicted molar refractivity (Wildman–Crippen MR) is 123 cm³/mol. The molecule has 0 spiro atoms. The van der Waals surface area contributed by atoms with Crippen molar-refractivity contribution in [1.29, 1.82) is 0 Å². The first kappa shape index (κ1) is 21.3. The highest BCUT2D eigenvalue weighted by atomic mass is 16.5. The second-order valence-corrected chi connectivity index (χ2v) is 8.47. The van der Waals surface area contributed by atoms with Crippen molar-refractivity contribution in [2.24, 2.45) is 14.1 Å². The second-order valence-electron chi connectivity index (χ2n) is 8.47. The van der Waals surface area contributed by atoms with Gasteiger partial charge < -0.3 is 19.7 Å². The molecule has 4 aromatic heterocycles. The molecule has 1 saturated heterocycles. The van der Waals surface area contributed by atoms with Gasteiger partial charge in [-0.1, -0.05) is 6.07 Å². The molecule has 1 aliphatic heterocycles. The number of pyridine rings is 2. The number of hydrogen-bond donors (Lipinski definition) is 2. The molecule has 0 saturated carbocycles. The van der Waals surface area contributed by atoms with E-state index in [9.17, 15) is 9.90 Å². The van der Waals surface area contributed by atoms with Crippen LogP contribution in [0.25, 0.3) is 22.3 Å². The van der Waals surface area contributed by atoms with E-state index in [1.807, 2.05) is 61.5 Å². The normalized spacial score (nSPS) is 18.5. The number of carbonyl (C=O) groups is 1. The summed E-state index contributed by atoms with van der Waals surface area (Å²) in [7, 11) is 3.85. The van der Waals surface area contributed by atoms with Crippen molar-refractivity contribution >= 4 is 16.9 Å². The lowest BCUT2D eigenvalue weighted by Crippen LogP contribution is -2.48. The van der Waals surface area contributed by atoms with E-state index in [4.69, 9.17) is 4.74 Å². The van der Waals surface area contributed by atoms with Crippen LogP contribution in [0.15, 0.2) is 49.1 Å². The zero-order valence-electron chi connectivity index (χ0n) is 18.6. The molecular weight excluding hydrogens is 420 g/mol. The lowest BCUT2D eigenvalue weighted by Gasteiger charge is -2.28. The number of nitrogens with one attached hydrogen (secondary N) is 1. The summed E-state index contributed by atoms with van der Waals surface area (Å²) >= 11 is 0. The summed E-state index contributed by atoms with van der Waals surface area (Å²) in [6, 6.07) is 7.42. The molecule has 1 fully saturated rings. The molecule has 9 heteroatoms. The third kappa shape index (κ3) is 4.37. The van der Waals surface area contributed by atoms with E-state index in [-0.39, 0.29) is 18.6 Å². The Hall–Kier alpha value is -3.56. The Kier molecular flexibility index (Phi) is 5.65. The Morgan fingerprint density at radius 2 is 2.15 bits per heavy atom. The van der Waals surface area contributed by atoms with Crippen molar-refractivity contribution in [3.63, 3.8) is 0 Å². The predicted octanol–water partition coefficient (Wildman–Crippen LogP) is 1.84.